The van der Waals surface area contributed by atoms with Crippen molar-refractivity contribution in [3.63, 3.8) is 0 Å². The fraction of sp³-hybridized carbons (Fsp3) is 0.200. The Morgan fingerprint density at radius 3 is 2.54 bits per heavy atom. The van der Waals surface area contributed by atoms with Crippen molar-refractivity contribution in [3.8, 4) is 0 Å². The minimum Gasteiger partial charge on any atom is -0.262 e. The smallest absolute Gasteiger partial charge is 0.262 e. The molecule has 3 nitrogen and oxygen atoms in total. The summed E-state index contributed by atoms with van der Waals surface area (Å²) in [5.41, 5.74) is 4.92. The van der Waals surface area contributed by atoms with Crippen LogP contribution in [-0.2, 0) is 4.79 Å². The summed E-state index contributed by atoms with van der Waals surface area (Å²) in [4.78, 5) is 10.7. The van der Waals surface area contributed by atoms with Crippen LogP contribution >= 0.6 is 0 Å². The highest BCUT2D eigenvalue weighted by molar-refractivity contribution is 5.96. The fourth-order valence-corrected chi connectivity index (χ4v) is 1.32. The van der Waals surface area contributed by atoms with Crippen LogP contribution < -0.4 is 5.43 Å². The fourth-order valence-electron chi connectivity index (χ4n) is 1.32. The number of hydrazone groups is 1. The topological polar surface area (TPSA) is 32.1 Å². The van der Waals surface area contributed by atoms with Crippen molar-refractivity contribution in [1.82, 2.24) is 5.43 Å². The molecule has 1 saturated heterocycles. The van der Waals surface area contributed by atoms with Gasteiger partial charge >= 0.3 is 5.91 Å². The highest BCUT2D eigenvalue weighted by Crippen LogP contribution is 2.01. The molecule has 1 N–H and O–H groups in total. The van der Waals surface area contributed by atoms with Gasteiger partial charge in [-0.1, -0.05) is 18.2 Å². The van der Waals surface area contributed by atoms with Gasteiger partial charge in [0.2, 0.25) is 5.71 Å². The summed E-state index contributed by atoms with van der Waals surface area (Å²) in [7, 11) is 0. The Morgan fingerprint density at radius 2 is 2.00 bits per heavy atom. The molecule has 0 aromatic heterocycles. The Kier molecular flexibility index (Phi) is 1.85. The van der Waals surface area contributed by atoms with Gasteiger partial charge in [-0.05, 0) is 12.1 Å². The first-order valence-electron chi connectivity index (χ1n) is 4.23. The minimum absolute atomic E-state index is 0.0790. The summed E-state index contributed by atoms with van der Waals surface area (Å²) >= 11 is 0. The highest BCUT2D eigenvalue weighted by Gasteiger charge is 2.29. The van der Waals surface area contributed by atoms with Gasteiger partial charge in [0.15, 0.2) is 0 Å². The number of benzene rings is 1. The molecule has 13 heavy (non-hydrogen) atoms. The number of carbonyl (C=O) groups excluding carboxylic acids is 1. The number of hydrazine groups is 1. The third kappa shape index (κ3) is 1.45. The molecule has 1 heterocycles. The van der Waals surface area contributed by atoms with Gasteiger partial charge in [-0.3, -0.25) is 4.79 Å². The molecule has 1 aromatic carbocycles. The van der Waals surface area contributed by atoms with Crippen molar-refractivity contribution in [2.45, 2.75) is 6.92 Å². The summed E-state index contributed by atoms with van der Waals surface area (Å²) in [5.74, 6) is 0.0790. The highest BCUT2D eigenvalue weighted by atomic mass is 16.2. The number of amides is 1. The lowest BCUT2D eigenvalue weighted by Crippen LogP contribution is -2.54. The van der Waals surface area contributed by atoms with E-state index < -0.39 is 0 Å². The molecule has 0 spiro atoms. The predicted octanol–water partition coefficient (Wildman–Crippen LogP) is 0.553. The molecule has 1 aliphatic heterocycles. The van der Waals surface area contributed by atoms with Gasteiger partial charge in [0.1, 0.15) is 0 Å². The average molecular weight is 175 g/mol. The van der Waals surface area contributed by atoms with Crippen molar-refractivity contribution >= 4 is 11.6 Å². The second kappa shape index (κ2) is 3.01. The van der Waals surface area contributed by atoms with Crippen LogP contribution in [0.15, 0.2) is 30.3 Å². The molecular weight excluding hydrogens is 164 g/mol. The largest absolute Gasteiger partial charge is 0.342 e. The van der Waals surface area contributed by atoms with Crippen LogP contribution in [0.1, 0.15) is 12.5 Å². The van der Waals surface area contributed by atoms with Crippen molar-refractivity contribution in [2.75, 3.05) is 6.54 Å². The molecule has 0 atom stereocenters. The normalized spacial score (nSPS) is 19.0. The quantitative estimate of drug-likeness (QED) is 0.621. The number of nitrogens with one attached hydrogen (secondary N) is 1. The first-order chi connectivity index (χ1) is 6.27. The van der Waals surface area contributed by atoms with Crippen molar-refractivity contribution in [2.24, 2.45) is 0 Å². The SMILES string of the molecule is C/C(c1ccccc1)=[N+]1/CC(=O)N1. The Morgan fingerprint density at radius 1 is 1.38 bits per heavy atom. The van der Waals surface area contributed by atoms with Crippen LogP contribution in [0.4, 0.5) is 0 Å². The molecule has 0 aliphatic carbocycles. The maximum Gasteiger partial charge on any atom is 0.342 e. The molecule has 0 radical (unpaired) electrons. The molecule has 0 saturated carbocycles. The number of nitrogens with zero attached hydrogens (tertiary/aromatic N) is 1. The summed E-state index contributed by atoms with van der Waals surface area (Å²) in [6.45, 7) is 2.47. The van der Waals surface area contributed by atoms with Crippen LogP contribution in [0.3, 0.4) is 0 Å². The first-order valence-corrected chi connectivity index (χ1v) is 4.23. The lowest BCUT2D eigenvalue weighted by Gasteiger charge is -2.12. The van der Waals surface area contributed by atoms with Crippen LogP contribution in [0.25, 0.3) is 0 Å². The van der Waals surface area contributed by atoms with E-state index in [9.17, 15) is 4.79 Å². The van der Waals surface area contributed by atoms with Crippen LogP contribution in [0, 0.1) is 0 Å². The van der Waals surface area contributed by atoms with E-state index in [2.05, 4.69) is 5.43 Å². The predicted molar refractivity (Wildman–Crippen MR) is 49.5 cm³/mol. The molecule has 0 bridgehead atoms. The zero-order valence-corrected chi connectivity index (χ0v) is 7.45. The van der Waals surface area contributed by atoms with Crippen molar-refractivity contribution in [3.05, 3.63) is 35.9 Å². The number of carbonyl (C=O) groups is 1. The first kappa shape index (κ1) is 7.98. The van der Waals surface area contributed by atoms with E-state index in [4.69, 9.17) is 0 Å². The van der Waals surface area contributed by atoms with Gasteiger partial charge in [0, 0.05) is 12.5 Å². The molecule has 1 aliphatic rings. The Labute approximate surface area is 76.7 Å². The van der Waals surface area contributed by atoms with Gasteiger partial charge in [0.25, 0.3) is 6.54 Å². The lowest BCUT2D eigenvalue weighted by atomic mass is 10.1. The lowest BCUT2D eigenvalue weighted by molar-refractivity contribution is -0.602. The van der Waals surface area contributed by atoms with Crippen LogP contribution in [0.5, 0.6) is 0 Å². The second-order valence-electron chi connectivity index (χ2n) is 3.07. The van der Waals surface area contributed by atoms with Gasteiger partial charge in [-0.25, -0.2) is 0 Å². The summed E-state index contributed by atoms with van der Waals surface area (Å²) < 4.78 is 1.84. The standard InChI is InChI=1S/C10H10N2O/c1-8(12-7-10(13)11-12)9-5-3-2-4-6-9/h2-6H,7H2,1H3/p+1/b12-8+. The number of hydrogen-bond acceptors (Lipinski definition) is 1. The van der Waals surface area contributed by atoms with Crippen LogP contribution in [0.2, 0.25) is 0 Å². The zero-order chi connectivity index (χ0) is 9.26. The van der Waals surface area contributed by atoms with E-state index >= 15 is 0 Å². The minimum atomic E-state index is 0.0790. The van der Waals surface area contributed by atoms with Crippen LogP contribution in [-0.4, -0.2) is 22.8 Å². The molecule has 3 heteroatoms. The molecule has 0 unspecified atom stereocenters. The van der Waals surface area contributed by atoms with E-state index in [-0.39, 0.29) is 5.91 Å². The van der Waals surface area contributed by atoms with Gasteiger partial charge in [-0.2, -0.15) is 0 Å². The molecule has 2 rings (SSSR count). The van der Waals surface area contributed by atoms with Gasteiger partial charge < -0.3 is 0 Å². The monoisotopic (exact) mass is 175 g/mol. The Balaban J connectivity index is 2.28. The zero-order valence-electron chi connectivity index (χ0n) is 7.45. The van der Waals surface area contributed by atoms with E-state index in [0.717, 1.165) is 11.3 Å². The van der Waals surface area contributed by atoms with Gasteiger partial charge in [-0.15, -0.1) is 10.1 Å². The van der Waals surface area contributed by atoms with Gasteiger partial charge in [0.05, 0.1) is 0 Å². The Bertz CT molecular complexity index is 358. The summed E-state index contributed by atoms with van der Waals surface area (Å²) in [6.07, 6.45) is 0. The number of rotatable bonds is 1. The Hall–Kier alpha value is -1.64. The molecule has 1 aromatic rings. The summed E-state index contributed by atoms with van der Waals surface area (Å²) in [5, 5.41) is 0. The van der Waals surface area contributed by atoms with Crippen molar-refractivity contribution in [1.29, 1.82) is 0 Å². The third-order valence-electron chi connectivity index (χ3n) is 2.16. The molecule has 66 valence electrons. The summed E-state index contributed by atoms with van der Waals surface area (Å²) in [6, 6.07) is 10.0. The van der Waals surface area contributed by atoms with E-state index in [0.29, 0.717) is 6.54 Å². The molecule has 1 amide bonds. The second-order valence-corrected chi connectivity index (χ2v) is 3.07. The van der Waals surface area contributed by atoms with Crippen molar-refractivity contribution < 1.29 is 9.48 Å². The average Bonchev–Trinajstić information content (AvgIpc) is 2.13. The maximum absolute atomic E-state index is 10.7. The van der Waals surface area contributed by atoms with E-state index in [1.165, 1.54) is 0 Å². The van der Waals surface area contributed by atoms with E-state index in [1.807, 2.05) is 41.9 Å². The van der Waals surface area contributed by atoms with E-state index in [1.54, 1.807) is 0 Å². The third-order valence-corrected chi connectivity index (χ3v) is 2.16. The maximum atomic E-state index is 10.7. The molecular formula is C10H11N2O+. The number of hydrogen-bond donors (Lipinski definition) is 1. The molecule has 1 fully saturated rings.